The van der Waals surface area contributed by atoms with Crippen LogP contribution in [0.5, 0.6) is 0 Å². The van der Waals surface area contributed by atoms with Gasteiger partial charge in [0.15, 0.2) is 17.3 Å². The van der Waals surface area contributed by atoms with Crippen LogP contribution in [0.2, 0.25) is 0 Å². The minimum Gasteiger partial charge on any atom is -0.381 e. The van der Waals surface area contributed by atoms with Crippen LogP contribution in [0.4, 0.5) is 11.6 Å². The second kappa shape index (κ2) is 4.43. The standard InChI is InChI=1S/C11H16N6O/c1-18-8-4-7(5-8)14-10-11-13-2-3-17(11)6-9(15-10)16-12/h2-3,6-8,16H,4-5,12H2,1H3,(H,14,15). The molecule has 7 heteroatoms. The first-order chi connectivity index (χ1) is 8.80. The molecule has 1 aliphatic carbocycles. The third kappa shape index (κ3) is 1.87. The Labute approximate surface area is 104 Å². The molecule has 3 rings (SSSR count). The first kappa shape index (κ1) is 11.2. The summed E-state index contributed by atoms with van der Waals surface area (Å²) in [6.45, 7) is 0. The van der Waals surface area contributed by atoms with Crippen molar-refractivity contribution in [2.75, 3.05) is 17.9 Å². The summed E-state index contributed by atoms with van der Waals surface area (Å²) in [5.41, 5.74) is 3.35. The van der Waals surface area contributed by atoms with Crippen molar-refractivity contribution in [2.45, 2.75) is 25.0 Å². The number of nitrogens with zero attached hydrogens (tertiary/aromatic N) is 3. The number of anilines is 2. The smallest absolute Gasteiger partial charge is 0.180 e. The maximum absolute atomic E-state index is 5.41. The van der Waals surface area contributed by atoms with Crippen LogP contribution < -0.4 is 16.6 Å². The molecule has 4 N–H and O–H groups in total. The second-order valence-corrected chi connectivity index (χ2v) is 4.45. The van der Waals surface area contributed by atoms with E-state index in [1.165, 1.54) is 0 Å². The van der Waals surface area contributed by atoms with E-state index in [4.69, 9.17) is 10.6 Å². The van der Waals surface area contributed by atoms with Crippen molar-refractivity contribution in [2.24, 2.45) is 5.84 Å². The largest absolute Gasteiger partial charge is 0.381 e. The maximum Gasteiger partial charge on any atom is 0.180 e. The Balaban J connectivity index is 1.84. The zero-order valence-electron chi connectivity index (χ0n) is 10.1. The van der Waals surface area contributed by atoms with Gasteiger partial charge in [0.2, 0.25) is 0 Å². The van der Waals surface area contributed by atoms with Gasteiger partial charge in [-0.25, -0.2) is 15.8 Å². The van der Waals surface area contributed by atoms with E-state index < -0.39 is 0 Å². The van der Waals surface area contributed by atoms with Gasteiger partial charge in [0.25, 0.3) is 0 Å². The van der Waals surface area contributed by atoms with E-state index in [1.807, 2.05) is 10.6 Å². The van der Waals surface area contributed by atoms with Gasteiger partial charge in [-0.05, 0) is 12.8 Å². The van der Waals surface area contributed by atoms with E-state index in [-0.39, 0.29) is 0 Å². The van der Waals surface area contributed by atoms with Gasteiger partial charge in [-0.3, -0.25) is 0 Å². The van der Waals surface area contributed by atoms with E-state index >= 15 is 0 Å². The summed E-state index contributed by atoms with van der Waals surface area (Å²) in [5, 5.41) is 3.38. The molecule has 18 heavy (non-hydrogen) atoms. The molecule has 0 unspecified atom stereocenters. The first-order valence-electron chi connectivity index (χ1n) is 5.90. The lowest BCUT2D eigenvalue weighted by molar-refractivity contribution is 0.0328. The lowest BCUT2D eigenvalue weighted by Gasteiger charge is -2.34. The van der Waals surface area contributed by atoms with Crippen molar-refractivity contribution in [3.8, 4) is 0 Å². The molecule has 0 radical (unpaired) electrons. The fourth-order valence-corrected chi connectivity index (χ4v) is 2.17. The number of nitrogens with one attached hydrogen (secondary N) is 2. The lowest BCUT2D eigenvalue weighted by atomic mass is 9.89. The molecule has 0 aromatic carbocycles. The van der Waals surface area contributed by atoms with E-state index in [0.29, 0.717) is 18.0 Å². The molecule has 1 saturated carbocycles. The first-order valence-corrected chi connectivity index (χ1v) is 5.90. The Morgan fingerprint density at radius 3 is 3.06 bits per heavy atom. The monoisotopic (exact) mass is 248 g/mol. The van der Waals surface area contributed by atoms with Gasteiger partial charge in [0.1, 0.15) is 0 Å². The van der Waals surface area contributed by atoms with E-state index in [0.717, 1.165) is 24.3 Å². The zero-order valence-corrected chi connectivity index (χ0v) is 10.1. The van der Waals surface area contributed by atoms with Crippen molar-refractivity contribution in [1.29, 1.82) is 0 Å². The molecule has 0 atom stereocenters. The Hall–Kier alpha value is -1.86. The van der Waals surface area contributed by atoms with Crippen LogP contribution in [0.3, 0.4) is 0 Å². The summed E-state index contributed by atoms with van der Waals surface area (Å²) < 4.78 is 7.14. The number of nitrogens with two attached hydrogens (primary N) is 1. The molecule has 0 spiro atoms. The molecule has 0 amide bonds. The molecule has 0 bridgehead atoms. The van der Waals surface area contributed by atoms with E-state index in [1.54, 1.807) is 19.5 Å². The van der Waals surface area contributed by atoms with Crippen molar-refractivity contribution >= 4 is 17.3 Å². The summed E-state index contributed by atoms with van der Waals surface area (Å²) in [6, 6.07) is 0.385. The van der Waals surface area contributed by atoms with Crippen LogP contribution in [0, 0.1) is 0 Å². The van der Waals surface area contributed by atoms with Gasteiger partial charge >= 0.3 is 0 Å². The molecule has 96 valence electrons. The van der Waals surface area contributed by atoms with Crippen LogP contribution >= 0.6 is 0 Å². The SMILES string of the molecule is COC1CC(Nc2nc(NN)cn3ccnc23)C1. The summed E-state index contributed by atoms with van der Waals surface area (Å²) in [5.74, 6) is 6.75. The highest BCUT2D eigenvalue weighted by molar-refractivity contribution is 5.65. The average Bonchev–Trinajstić information content (AvgIpc) is 2.80. The normalized spacial score (nSPS) is 22.8. The highest BCUT2D eigenvalue weighted by Crippen LogP contribution is 2.27. The molecular formula is C11H16N6O. The summed E-state index contributed by atoms with van der Waals surface area (Å²) in [6.07, 6.45) is 7.74. The van der Waals surface area contributed by atoms with E-state index in [9.17, 15) is 0 Å². The van der Waals surface area contributed by atoms with E-state index in [2.05, 4.69) is 20.7 Å². The third-order valence-electron chi connectivity index (χ3n) is 3.29. The molecule has 2 aromatic rings. The van der Waals surface area contributed by atoms with Crippen LogP contribution in [-0.4, -0.2) is 33.6 Å². The molecule has 2 aromatic heterocycles. The van der Waals surface area contributed by atoms with Crippen LogP contribution in [-0.2, 0) is 4.74 Å². The highest BCUT2D eigenvalue weighted by Gasteiger charge is 2.29. The van der Waals surface area contributed by atoms with Crippen LogP contribution in [0.1, 0.15) is 12.8 Å². The molecule has 7 nitrogen and oxygen atoms in total. The van der Waals surface area contributed by atoms with Crippen molar-refractivity contribution in [3.63, 3.8) is 0 Å². The maximum atomic E-state index is 5.41. The molecule has 1 aliphatic rings. The number of aromatic nitrogens is 3. The fourth-order valence-electron chi connectivity index (χ4n) is 2.17. The minimum atomic E-state index is 0.356. The lowest BCUT2D eigenvalue weighted by Crippen LogP contribution is -2.40. The number of hydrogen-bond acceptors (Lipinski definition) is 6. The van der Waals surface area contributed by atoms with Gasteiger partial charge < -0.3 is 19.9 Å². The van der Waals surface area contributed by atoms with Crippen LogP contribution in [0.15, 0.2) is 18.6 Å². The third-order valence-corrected chi connectivity index (χ3v) is 3.29. The molecule has 2 heterocycles. The number of ether oxygens (including phenoxy) is 1. The average molecular weight is 248 g/mol. The second-order valence-electron chi connectivity index (χ2n) is 4.45. The predicted molar refractivity (Wildman–Crippen MR) is 68.2 cm³/mol. The molecular weight excluding hydrogens is 232 g/mol. The predicted octanol–water partition coefficient (Wildman–Crippen LogP) is 0.604. The topological polar surface area (TPSA) is 89.5 Å². The number of hydrazine groups is 1. The molecule has 0 saturated heterocycles. The Bertz CT molecular complexity index is 547. The fraction of sp³-hybridized carbons (Fsp3) is 0.455. The Morgan fingerprint density at radius 2 is 2.33 bits per heavy atom. The number of nitrogen functional groups attached to an aromatic ring is 1. The molecule has 1 fully saturated rings. The van der Waals surface area contributed by atoms with Crippen molar-refractivity contribution in [1.82, 2.24) is 14.4 Å². The minimum absolute atomic E-state index is 0.356. The van der Waals surface area contributed by atoms with Crippen molar-refractivity contribution in [3.05, 3.63) is 18.6 Å². The summed E-state index contributed by atoms with van der Waals surface area (Å²) in [7, 11) is 1.74. The van der Waals surface area contributed by atoms with Gasteiger partial charge in [-0.2, -0.15) is 0 Å². The van der Waals surface area contributed by atoms with Gasteiger partial charge in [0.05, 0.1) is 12.3 Å². The van der Waals surface area contributed by atoms with Gasteiger partial charge in [0, 0.05) is 25.5 Å². The van der Waals surface area contributed by atoms with Crippen LogP contribution in [0.25, 0.3) is 5.65 Å². The Kier molecular flexibility index (Phi) is 2.77. The molecule has 0 aliphatic heterocycles. The number of hydrogen-bond donors (Lipinski definition) is 3. The number of fused-ring (bicyclic) bond motifs is 1. The van der Waals surface area contributed by atoms with Gasteiger partial charge in [-0.15, -0.1) is 0 Å². The highest BCUT2D eigenvalue weighted by atomic mass is 16.5. The summed E-state index contributed by atoms with van der Waals surface area (Å²) in [4.78, 5) is 8.68. The number of methoxy groups -OCH3 is 1. The Morgan fingerprint density at radius 1 is 1.50 bits per heavy atom. The number of rotatable bonds is 4. The quantitative estimate of drug-likeness (QED) is 0.542. The summed E-state index contributed by atoms with van der Waals surface area (Å²) >= 11 is 0. The zero-order chi connectivity index (χ0) is 12.5. The number of imidazole rings is 1. The van der Waals surface area contributed by atoms with Crippen molar-refractivity contribution < 1.29 is 4.74 Å². The van der Waals surface area contributed by atoms with Gasteiger partial charge in [-0.1, -0.05) is 0 Å².